The van der Waals surface area contributed by atoms with E-state index in [1.807, 2.05) is 0 Å². The predicted octanol–water partition coefficient (Wildman–Crippen LogP) is 4.59. The van der Waals surface area contributed by atoms with Gasteiger partial charge in [0.15, 0.2) is 0 Å². The molecular formula is C14H10F3NO2. The van der Waals surface area contributed by atoms with Crippen LogP contribution in [0.2, 0.25) is 0 Å². The van der Waals surface area contributed by atoms with Gasteiger partial charge in [-0.2, -0.15) is 13.2 Å². The second-order valence-electron chi connectivity index (χ2n) is 4.30. The molecule has 2 rings (SSSR count). The van der Waals surface area contributed by atoms with Gasteiger partial charge in [0.25, 0.3) is 5.69 Å². The van der Waals surface area contributed by atoms with Crippen LogP contribution in [0.4, 0.5) is 18.9 Å². The average molecular weight is 281 g/mol. The van der Waals surface area contributed by atoms with E-state index < -0.39 is 22.4 Å². The van der Waals surface area contributed by atoms with Crippen LogP contribution in [-0.4, -0.2) is 4.92 Å². The first-order valence-electron chi connectivity index (χ1n) is 5.72. The molecule has 0 atom stereocenters. The predicted molar refractivity (Wildman–Crippen MR) is 68.3 cm³/mol. The first kappa shape index (κ1) is 14.0. The summed E-state index contributed by atoms with van der Waals surface area (Å²) < 4.78 is 37.9. The molecule has 0 saturated carbocycles. The molecule has 0 fully saturated rings. The van der Waals surface area contributed by atoms with Gasteiger partial charge in [0.2, 0.25) is 0 Å². The molecule has 0 N–H and O–H groups in total. The Bertz CT molecular complexity index is 666. The number of benzene rings is 2. The maximum absolute atomic E-state index is 12.6. The normalized spacial score (nSPS) is 11.4. The molecule has 2 aromatic carbocycles. The van der Waals surface area contributed by atoms with Crippen molar-refractivity contribution >= 4 is 5.69 Å². The number of nitro benzene ring substituents is 1. The molecular weight excluding hydrogens is 271 g/mol. The van der Waals surface area contributed by atoms with Gasteiger partial charge < -0.3 is 0 Å². The second-order valence-corrected chi connectivity index (χ2v) is 4.30. The summed E-state index contributed by atoms with van der Waals surface area (Å²) in [5, 5.41) is 11.0. The fourth-order valence-electron chi connectivity index (χ4n) is 1.96. The monoisotopic (exact) mass is 281 g/mol. The summed E-state index contributed by atoms with van der Waals surface area (Å²) in [6, 6.07) is 9.40. The third-order valence-corrected chi connectivity index (χ3v) is 2.96. The fourth-order valence-corrected chi connectivity index (χ4v) is 1.96. The van der Waals surface area contributed by atoms with E-state index in [1.165, 1.54) is 0 Å². The summed E-state index contributed by atoms with van der Waals surface area (Å²) in [6.45, 7) is 1.75. The van der Waals surface area contributed by atoms with Crippen LogP contribution < -0.4 is 0 Å². The van der Waals surface area contributed by atoms with E-state index in [0.717, 1.165) is 17.7 Å². The van der Waals surface area contributed by atoms with Gasteiger partial charge >= 0.3 is 6.18 Å². The Balaban J connectivity index is 2.66. The number of nitro groups is 1. The SMILES string of the molecule is Cc1ccccc1-c1ccc(C(F)(F)F)cc1[N+](=O)[O-]. The standard InChI is InChI=1S/C14H10F3NO2/c1-9-4-2-3-5-11(9)12-7-6-10(14(15,16)17)8-13(12)18(19)20/h2-8H,1H3. The molecule has 0 aliphatic heterocycles. The van der Waals surface area contributed by atoms with Crippen LogP contribution in [0.25, 0.3) is 11.1 Å². The molecule has 0 saturated heterocycles. The third-order valence-electron chi connectivity index (χ3n) is 2.96. The highest BCUT2D eigenvalue weighted by molar-refractivity contribution is 5.76. The van der Waals surface area contributed by atoms with Gasteiger partial charge in [0, 0.05) is 6.07 Å². The smallest absolute Gasteiger partial charge is 0.258 e. The molecule has 0 bridgehead atoms. The van der Waals surface area contributed by atoms with Crippen molar-refractivity contribution in [2.45, 2.75) is 13.1 Å². The molecule has 0 spiro atoms. The van der Waals surface area contributed by atoms with Crippen molar-refractivity contribution in [1.29, 1.82) is 0 Å². The zero-order chi connectivity index (χ0) is 14.9. The minimum atomic E-state index is -4.60. The van der Waals surface area contributed by atoms with Crippen molar-refractivity contribution in [2.75, 3.05) is 0 Å². The molecule has 2 aromatic rings. The Kier molecular flexibility index (Phi) is 3.48. The summed E-state index contributed by atoms with van der Waals surface area (Å²) >= 11 is 0. The van der Waals surface area contributed by atoms with E-state index >= 15 is 0 Å². The molecule has 0 heterocycles. The van der Waals surface area contributed by atoms with Gasteiger partial charge in [-0.25, -0.2) is 0 Å². The zero-order valence-electron chi connectivity index (χ0n) is 10.4. The van der Waals surface area contributed by atoms with Crippen LogP contribution in [0.5, 0.6) is 0 Å². The highest BCUT2D eigenvalue weighted by Gasteiger charge is 2.33. The maximum Gasteiger partial charge on any atom is 0.416 e. The number of aryl methyl sites for hydroxylation is 1. The largest absolute Gasteiger partial charge is 0.416 e. The maximum atomic E-state index is 12.6. The first-order chi connectivity index (χ1) is 9.30. The van der Waals surface area contributed by atoms with Crippen LogP contribution in [0.1, 0.15) is 11.1 Å². The third kappa shape index (κ3) is 2.64. The molecule has 20 heavy (non-hydrogen) atoms. The van der Waals surface area contributed by atoms with Crippen LogP contribution in [0.3, 0.4) is 0 Å². The van der Waals surface area contributed by atoms with Crippen LogP contribution in [-0.2, 0) is 6.18 Å². The lowest BCUT2D eigenvalue weighted by molar-refractivity contribution is -0.384. The summed E-state index contributed by atoms with van der Waals surface area (Å²) in [6.07, 6.45) is -4.60. The van der Waals surface area contributed by atoms with Crippen molar-refractivity contribution in [3.8, 4) is 11.1 Å². The number of nitrogens with zero attached hydrogens (tertiary/aromatic N) is 1. The number of hydrogen-bond donors (Lipinski definition) is 0. The molecule has 0 radical (unpaired) electrons. The van der Waals surface area contributed by atoms with Gasteiger partial charge in [-0.1, -0.05) is 24.3 Å². The lowest BCUT2D eigenvalue weighted by atomic mass is 9.97. The lowest BCUT2D eigenvalue weighted by Gasteiger charge is -2.10. The van der Waals surface area contributed by atoms with Crippen molar-refractivity contribution in [3.05, 3.63) is 63.7 Å². The van der Waals surface area contributed by atoms with E-state index in [2.05, 4.69) is 0 Å². The minimum Gasteiger partial charge on any atom is -0.258 e. The van der Waals surface area contributed by atoms with Gasteiger partial charge in [0.05, 0.1) is 16.1 Å². The van der Waals surface area contributed by atoms with Crippen LogP contribution in [0.15, 0.2) is 42.5 Å². The molecule has 3 nitrogen and oxygen atoms in total. The Hall–Kier alpha value is -2.37. The van der Waals surface area contributed by atoms with Crippen molar-refractivity contribution in [3.63, 3.8) is 0 Å². The van der Waals surface area contributed by atoms with E-state index in [9.17, 15) is 23.3 Å². The molecule has 0 amide bonds. The second kappa shape index (κ2) is 4.96. The topological polar surface area (TPSA) is 43.1 Å². The molecule has 0 aliphatic rings. The van der Waals surface area contributed by atoms with E-state index in [0.29, 0.717) is 11.6 Å². The summed E-state index contributed by atoms with van der Waals surface area (Å²) in [5.74, 6) is 0. The van der Waals surface area contributed by atoms with Gasteiger partial charge in [0.1, 0.15) is 0 Å². The quantitative estimate of drug-likeness (QED) is 0.597. The fraction of sp³-hybridized carbons (Fsp3) is 0.143. The highest BCUT2D eigenvalue weighted by atomic mass is 19.4. The Labute approximate surface area is 112 Å². The van der Waals surface area contributed by atoms with Gasteiger partial charge in [-0.15, -0.1) is 0 Å². The Morgan fingerprint density at radius 3 is 2.25 bits per heavy atom. The number of alkyl halides is 3. The zero-order valence-corrected chi connectivity index (χ0v) is 10.4. The first-order valence-corrected chi connectivity index (χ1v) is 5.72. The number of hydrogen-bond acceptors (Lipinski definition) is 2. The van der Waals surface area contributed by atoms with Crippen LogP contribution in [0, 0.1) is 17.0 Å². The number of rotatable bonds is 2. The summed E-state index contributed by atoms with van der Waals surface area (Å²) in [7, 11) is 0. The highest BCUT2D eigenvalue weighted by Crippen LogP contribution is 2.37. The van der Waals surface area contributed by atoms with E-state index in [-0.39, 0.29) is 5.56 Å². The Morgan fingerprint density at radius 2 is 1.70 bits per heavy atom. The molecule has 6 heteroatoms. The number of halogens is 3. The van der Waals surface area contributed by atoms with E-state index in [1.54, 1.807) is 31.2 Å². The van der Waals surface area contributed by atoms with Crippen molar-refractivity contribution < 1.29 is 18.1 Å². The van der Waals surface area contributed by atoms with Crippen LogP contribution >= 0.6 is 0 Å². The lowest BCUT2D eigenvalue weighted by Crippen LogP contribution is -2.06. The Morgan fingerprint density at radius 1 is 1.05 bits per heavy atom. The molecule has 0 aliphatic carbocycles. The average Bonchev–Trinajstić information content (AvgIpc) is 2.37. The summed E-state index contributed by atoms with van der Waals surface area (Å²) in [4.78, 5) is 10.2. The molecule has 0 unspecified atom stereocenters. The van der Waals surface area contributed by atoms with E-state index in [4.69, 9.17) is 0 Å². The van der Waals surface area contributed by atoms with Gasteiger partial charge in [-0.3, -0.25) is 10.1 Å². The van der Waals surface area contributed by atoms with Gasteiger partial charge in [-0.05, 0) is 30.2 Å². The van der Waals surface area contributed by atoms with Crippen molar-refractivity contribution in [2.24, 2.45) is 0 Å². The minimum absolute atomic E-state index is 0.182. The molecule has 104 valence electrons. The molecule has 0 aromatic heterocycles. The summed E-state index contributed by atoms with van der Waals surface area (Å²) in [5.41, 5.74) is -0.0833. The van der Waals surface area contributed by atoms with Crippen molar-refractivity contribution in [1.82, 2.24) is 0 Å².